The van der Waals surface area contributed by atoms with E-state index in [1.165, 1.54) is 24.4 Å². The van der Waals surface area contributed by atoms with Gasteiger partial charge in [-0.25, -0.2) is 9.07 Å². The second kappa shape index (κ2) is 6.31. The van der Waals surface area contributed by atoms with E-state index in [1.807, 2.05) is 0 Å². The fourth-order valence-electron chi connectivity index (χ4n) is 1.54. The highest BCUT2D eigenvalue weighted by Crippen LogP contribution is 2.15. The van der Waals surface area contributed by atoms with Crippen LogP contribution in [0.25, 0.3) is 0 Å². The van der Waals surface area contributed by atoms with Crippen LogP contribution in [0, 0.1) is 5.82 Å². The molecule has 2 aromatic rings. The normalized spacial score (nSPS) is 10.4. The molecule has 0 saturated carbocycles. The molecular weight excluding hydrogens is 303 g/mol. The van der Waals surface area contributed by atoms with E-state index in [0.29, 0.717) is 5.56 Å². The molecule has 0 fully saturated rings. The van der Waals surface area contributed by atoms with E-state index in [1.54, 1.807) is 0 Å². The van der Waals surface area contributed by atoms with Crippen LogP contribution >= 0.6 is 11.6 Å². The molecule has 0 aliphatic carbocycles. The van der Waals surface area contributed by atoms with Gasteiger partial charge in [-0.3, -0.25) is 9.59 Å². The first kappa shape index (κ1) is 14.9. The number of halogens is 2. The van der Waals surface area contributed by atoms with Gasteiger partial charge in [0.25, 0.3) is 5.91 Å². The Morgan fingerprint density at radius 2 is 2.19 bits per heavy atom. The van der Waals surface area contributed by atoms with Gasteiger partial charge in [0.05, 0.1) is 11.2 Å². The van der Waals surface area contributed by atoms with Crippen molar-refractivity contribution >= 4 is 23.5 Å². The van der Waals surface area contributed by atoms with E-state index in [2.05, 4.69) is 15.6 Å². The average Bonchev–Trinajstić information content (AvgIpc) is 2.87. The van der Waals surface area contributed by atoms with Gasteiger partial charge in [-0.05, 0) is 17.7 Å². The van der Waals surface area contributed by atoms with Crippen molar-refractivity contribution in [1.82, 2.24) is 20.3 Å². The van der Waals surface area contributed by atoms with Gasteiger partial charge < -0.3 is 10.4 Å². The Morgan fingerprint density at radius 3 is 2.86 bits per heavy atom. The summed E-state index contributed by atoms with van der Waals surface area (Å²) in [7, 11) is 0. The van der Waals surface area contributed by atoms with Crippen molar-refractivity contribution in [2.45, 2.75) is 13.1 Å². The third-order valence-electron chi connectivity index (χ3n) is 2.51. The van der Waals surface area contributed by atoms with Gasteiger partial charge in [-0.2, -0.15) is 0 Å². The minimum atomic E-state index is -1.09. The van der Waals surface area contributed by atoms with Crippen LogP contribution in [-0.4, -0.2) is 32.0 Å². The molecule has 7 nitrogen and oxygen atoms in total. The second-order valence-corrected chi connectivity index (χ2v) is 4.53. The van der Waals surface area contributed by atoms with Crippen LogP contribution in [0.2, 0.25) is 5.02 Å². The van der Waals surface area contributed by atoms with Crippen molar-refractivity contribution in [2.24, 2.45) is 0 Å². The van der Waals surface area contributed by atoms with Gasteiger partial charge in [-0.1, -0.05) is 22.9 Å². The highest BCUT2D eigenvalue weighted by Gasteiger charge is 2.12. The molecule has 0 aliphatic heterocycles. The molecule has 0 radical (unpaired) electrons. The molecule has 0 bridgehead atoms. The first-order chi connectivity index (χ1) is 9.95. The topological polar surface area (TPSA) is 97.1 Å². The van der Waals surface area contributed by atoms with Crippen LogP contribution < -0.4 is 5.32 Å². The van der Waals surface area contributed by atoms with E-state index in [-0.39, 0.29) is 23.8 Å². The second-order valence-electron chi connectivity index (χ2n) is 4.13. The summed E-state index contributed by atoms with van der Waals surface area (Å²) in [4.78, 5) is 22.3. The summed E-state index contributed by atoms with van der Waals surface area (Å²) in [5.41, 5.74) is 0.608. The zero-order valence-electron chi connectivity index (χ0n) is 10.6. The molecule has 0 atom stereocenters. The van der Waals surface area contributed by atoms with E-state index in [9.17, 15) is 14.0 Å². The Morgan fingerprint density at radius 1 is 1.43 bits per heavy atom. The largest absolute Gasteiger partial charge is 0.480 e. The monoisotopic (exact) mass is 312 g/mol. The summed E-state index contributed by atoms with van der Waals surface area (Å²) in [6.07, 6.45) is 1.22. The number of carboxylic acids is 1. The van der Waals surface area contributed by atoms with E-state index >= 15 is 0 Å². The number of benzene rings is 1. The highest BCUT2D eigenvalue weighted by atomic mass is 35.5. The molecule has 0 aliphatic rings. The quantitative estimate of drug-likeness (QED) is 0.861. The van der Waals surface area contributed by atoms with Crippen molar-refractivity contribution < 1.29 is 19.1 Å². The molecule has 1 amide bonds. The molecule has 9 heteroatoms. The fourth-order valence-corrected chi connectivity index (χ4v) is 1.74. The van der Waals surface area contributed by atoms with Crippen LogP contribution in [0.15, 0.2) is 24.4 Å². The number of carbonyl (C=O) groups is 2. The van der Waals surface area contributed by atoms with Gasteiger partial charge in [0, 0.05) is 6.54 Å². The number of aromatic nitrogens is 3. The van der Waals surface area contributed by atoms with Crippen LogP contribution in [0.4, 0.5) is 4.39 Å². The zero-order valence-corrected chi connectivity index (χ0v) is 11.3. The lowest BCUT2D eigenvalue weighted by Crippen LogP contribution is -2.23. The molecule has 2 rings (SSSR count). The maximum absolute atomic E-state index is 13.0. The van der Waals surface area contributed by atoms with Crippen molar-refractivity contribution in [3.05, 3.63) is 46.5 Å². The Kier molecular flexibility index (Phi) is 4.49. The van der Waals surface area contributed by atoms with Crippen molar-refractivity contribution in [2.75, 3.05) is 0 Å². The molecule has 21 heavy (non-hydrogen) atoms. The number of aliphatic carboxylic acids is 1. The molecule has 0 spiro atoms. The maximum Gasteiger partial charge on any atom is 0.325 e. The van der Waals surface area contributed by atoms with Crippen LogP contribution in [0.1, 0.15) is 16.1 Å². The molecule has 0 unspecified atom stereocenters. The number of nitrogens with zero attached hydrogens (tertiary/aromatic N) is 3. The maximum atomic E-state index is 13.0. The standard InChI is InChI=1S/C12H10ClFN4O3/c13-8-3-7(1-2-9(8)14)4-15-12(21)10-5-18(17-16-10)6-11(19)20/h1-3,5H,4,6H2,(H,15,21)(H,19,20). The predicted molar refractivity (Wildman–Crippen MR) is 70.2 cm³/mol. The van der Waals surface area contributed by atoms with Crippen molar-refractivity contribution in [1.29, 1.82) is 0 Å². The van der Waals surface area contributed by atoms with Gasteiger partial charge in [0.1, 0.15) is 12.4 Å². The SMILES string of the molecule is O=C(O)Cn1cc(C(=O)NCc2ccc(F)c(Cl)c2)nn1. The number of amides is 1. The highest BCUT2D eigenvalue weighted by molar-refractivity contribution is 6.30. The summed E-state index contributed by atoms with van der Waals surface area (Å²) >= 11 is 5.63. The van der Waals surface area contributed by atoms with Crippen LogP contribution in [0.3, 0.4) is 0 Å². The number of carbonyl (C=O) groups excluding carboxylic acids is 1. The zero-order chi connectivity index (χ0) is 15.4. The van der Waals surface area contributed by atoms with Crippen molar-refractivity contribution in [3.8, 4) is 0 Å². The molecular formula is C12H10ClFN4O3. The average molecular weight is 313 g/mol. The first-order valence-electron chi connectivity index (χ1n) is 5.80. The Labute approximate surface area is 123 Å². The predicted octanol–water partition coefficient (Wildman–Crippen LogP) is 1.09. The summed E-state index contributed by atoms with van der Waals surface area (Å²) < 4.78 is 14.0. The smallest absolute Gasteiger partial charge is 0.325 e. The number of hydrogen-bond acceptors (Lipinski definition) is 4. The minimum Gasteiger partial charge on any atom is -0.480 e. The third-order valence-corrected chi connectivity index (χ3v) is 2.80. The lowest BCUT2D eigenvalue weighted by Gasteiger charge is -2.04. The molecule has 0 saturated heterocycles. The van der Waals surface area contributed by atoms with Crippen LogP contribution in [-0.2, 0) is 17.9 Å². The summed E-state index contributed by atoms with van der Waals surface area (Å²) in [5, 5.41) is 18.2. The summed E-state index contributed by atoms with van der Waals surface area (Å²) in [6.45, 7) is -0.252. The minimum absolute atomic E-state index is 0.00976. The molecule has 1 aromatic heterocycles. The number of hydrogen-bond donors (Lipinski definition) is 2. The summed E-state index contributed by atoms with van der Waals surface area (Å²) in [6, 6.07) is 4.09. The molecule has 1 heterocycles. The van der Waals surface area contributed by atoms with E-state index in [4.69, 9.17) is 16.7 Å². The number of nitrogens with one attached hydrogen (secondary N) is 1. The fraction of sp³-hybridized carbons (Fsp3) is 0.167. The Bertz CT molecular complexity index is 689. The van der Waals surface area contributed by atoms with Crippen LogP contribution in [0.5, 0.6) is 0 Å². The summed E-state index contributed by atoms with van der Waals surface area (Å²) in [5.74, 6) is -2.15. The molecule has 2 N–H and O–H groups in total. The van der Waals surface area contributed by atoms with Gasteiger partial charge in [-0.15, -0.1) is 5.10 Å². The van der Waals surface area contributed by atoms with E-state index in [0.717, 1.165) is 4.68 Å². The molecule has 110 valence electrons. The lowest BCUT2D eigenvalue weighted by atomic mass is 10.2. The van der Waals surface area contributed by atoms with Crippen molar-refractivity contribution in [3.63, 3.8) is 0 Å². The van der Waals surface area contributed by atoms with E-state index < -0.39 is 17.7 Å². The van der Waals surface area contributed by atoms with Gasteiger partial charge in [0.15, 0.2) is 5.69 Å². The Balaban J connectivity index is 1.96. The van der Waals surface area contributed by atoms with Gasteiger partial charge in [0.2, 0.25) is 0 Å². The van der Waals surface area contributed by atoms with Gasteiger partial charge >= 0.3 is 5.97 Å². The Hall–Kier alpha value is -2.48. The lowest BCUT2D eigenvalue weighted by molar-refractivity contribution is -0.137. The number of carboxylic acid groups (broad SMARTS) is 1. The third kappa shape index (κ3) is 3.99. The molecule has 1 aromatic carbocycles. The number of rotatable bonds is 5. The first-order valence-corrected chi connectivity index (χ1v) is 6.17.